The van der Waals surface area contributed by atoms with E-state index in [1.807, 2.05) is 36.6 Å². The molecule has 0 aliphatic carbocycles. The average Bonchev–Trinajstić information content (AvgIpc) is 3.08. The van der Waals surface area contributed by atoms with Crippen LogP contribution in [0, 0.1) is 12.7 Å². The summed E-state index contributed by atoms with van der Waals surface area (Å²) in [5.74, 6) is 0.411. The molecule has 0 spiro atoms. The number of hydrogen-bond donors (Lipinski definition) is 1. The van der Waals surface area contributed by atoms with E-state index in [1.165, 1.54) is 23.5 Å². The summed E-state index contributed by atoms with van der Waals surface area (Å²) in [4.78, 5) is 16.5. The van der Waals surface area contributed by atoms with Crippen molar-refractivity contribution in [2.24, 2.45) is 0 Å². The molecule has 1 N–H and O–H groups in total. The molecule has 1 amide bonds. The van der Waals surface area contributed by atoms with Crippen molar-refractivity contribution in [2.45, 2.75) is 13.3 Å². The lowest BCUT2D eigenvalue weighted by molar-refractivity contribution is -0.120. The number of halogens is 1. The second-order valence-electron chi connectivity index (χ2n) is 5.84. The summed E-state index contributed by atoms with van der Waals surface area (Å²) in [7, 11) is 0. The Hall–Kier alpha value is -2.73. The highest BCUT2D eigenvalue weighted by Gasteiger charge is 2.09. The Labute approximate surface area is 155 Å². The van der Waals surface area contributed by atoms with Crippen LogP contribution in [0.4, 0.5) is 4.39 Å². The van der Waals surface area contributed by atoms with E-state index >= 15 is 0 Å². The van der Waals surface area contributed by atoms with Gasteiger partial charge in [0.1, 0.15) is 23.2 Å². The largest absolute Gasteiger partial charge is 0.492 e. The van der Waals surface area contributed by atoms with Crippen molar-refractivity contribution in [2.75, 3.05) is 13.2 Å². The fraction of sp³-hybridized carbons (Fsp3) is 0.200. The molecule has 26 heavy (non-hydrogen) atoms. The maximum Gasteiger partial charge on any atom is 0.226 e. The number of carbonyl (C=O) groups is 1. The minimum absolute atomic E-state index is 0.103. The summed E-state index contributed by atoms with van der Waals surface area (Å²) < 4.78 is 18.6. The van der Waals surface area contributed by atoms with Gasteiger partial charge in [-0.15, -0.1) is 11.3 Å². The van der Waals surface area contributed by atoms with E-state index in [0.717, 1.165) is 21.9 Å². The zero-order chi connectivity index (χ0) is 18.4. The molecule has 2 aromatic carbocycles. The quantitative estimate of drug-likeness (QED) is 0.640. The Bertz CT molecular complexity index is 878. The Morgan fingerprint density at radius 2 is 2.04 bits per heavy atom. The molecule has 0 atom stereocenters. The topological polar surface area (TPSA) is 51.2 Å². The van der Waals surface area contributed by atoms with Gasteiger partial charge in [-0.2, -0.15) is 0 Å². The number of carbonyl (C=O) groups excluding carboxylic acids is 1. The van der Waals surface area contributed by atoms with Crippen LogP contribution in [0.2, 0.25) is 0 Å². The smallest absolute Gasteiger partial charge is 0.226 e. The predicted octanol–water partition coefficient (Wildman–Crippen LogP) is 4.00. The van der Waals surface area contributed by atoms with Crippen LogP contribution in [0.1, 0.15) is 11.3 Å². The van der Waals surface area contributed by atoms with Crippen LogP contribution in [0.5, 0.6) is 5.75 Å². The van der Waals surface area contributed by atoms with Gasteiger partial charge in [0, 0.05) is 10.9 Å². The van der Waals surface area contributed by atoms with Crippen LogP contribution in [0.3, 0.4) is 0 Å². The van der Waals surface area contributed by atoms with Gasteiger partial charge in [0.2, 0.25) is 5.91 Å². The average molecular weight is 370 g/mol. The van der Waals surface area contributed by atoms with Crippen LogP contribution in [0.15, 0.2) is 53.9 Å². The molecule has 3 rings (SSSR count). The first-order chi connectivity index (χ1) is 12.6. The third-order valence-corrected chi connectivity index (χ3v) is 4.61. The van der Waals surface area contributed by atoms with Crippen molar-refractivity contribution < 1.29 is 13.9 Å². The third kappa shape index (κ3) is 5.13. The van der Waals surface area contributed by atoms with Gasteiger partial charge >= 0.3 is 0 Å². The van der Waals surface area contributed by atoms with Crippen molar-refractivity contribution in [1.29, 1.82) is 0 Å². The predicted molar refractivity (Wildman–Crippen MR) is 101 cm³/mol. The van der Waals surface area contributed by atoms with Gasteiger partial charge in [0.15, 0.2) is 0 Å². The lowest BCUT2D eigenvalue weighted by Gasteiger charge is -2.07. The number of aryl methyl sites for hydroxylation is 1. The van der Waals surface area contributed by atoms with Crippen molar-refractivity contribution in [3.05, 3.63) is 71.0 Å². The van der Waals surface area contributed by atoms with Gasteiger partial charge in [-0.25, -0.2) is 9.37 Å². The van der Waals surface area contributed by atoms with Gasteiger partial charge in [0.05, 0.1) is 18.7 Å². The Kier molecular flexibility index (Phi) is 5.96. The molecule has 6 heteroatoms. The molecule has 0 bridgehead atoms. The molecular formula is C20H19FN2O2S. The number of amides is 1. The number of aromatic nitrogens is 1. The maximum atomic E-state index is 13.0. The molecule has 134 valence electrons. The monoisotopic (exact) mass is 370 g/mol. The van der Waals surface area contributed by atoms with E-state index in [-0.39, 0.29) is 18.1 Å². The van der Waals surface area contributed by atoms with Gasteiger partial charge in [-0.3, -0.25) is 4.79 Å². The van der Waals surface area contributed by atoms with E-state index in [9.17, 15) is 9.18 Å². The highest BCUT2D eigenvalue weighted by atomic mass is 32.1. The van der Waals surface area contributed by atoms with Crippen molar-refractivity contribution in [3.8, 4) is 16.3 Å². The Balaban J connectivity index is 1.44. The highest BCUT2D eigenvalue weighted by Crippen LogP contribution is 2.24. The van der Waals surface area contributed by atoms with Gasteiger partial charge in [-0.1, -0.05) is 12.1 Å². The number of ether oxygens (including phenoxy) is 1. The number of rotatable bonds is 7. The first kappa shape index (κ1) is 18.1. The van der Waals surface area contributed by atoms with Crippen LogP contribution in [-0.4, -0.2) is 24.0 Å². The Morgan fingerprint density at radius 1 is 1.23 bits per heavy atom. The lowest BCUT2D eigenvalue weighted by atomic mass is 10.2. The standard InChI is InChI=1S/C20H19FN2O2S/c1-14-3-2-4-18(11-14)25-10-9-22-19(24)12-17-13-26-20(23-17)15-5-7-16(21)8-6-15/h2-8,11,13H,9-10,12H2,1H3,(H,22,24). The Morgan fingerprint density at radius 3 is 2.81 bits per heavy atom. The summed E-state index contributed by atoms with van der Waals surface area (Å²) in [6.45, 7) is 2.84. The van der Waals surface area contributed by atoms with Crippen molar-refractivity contribution in [1.82, 2.24) is 10.3 Å². The van der Waals surface area contributed by atoms with E-state index in [2.05, 4.69) is 10.3 Å². The third-order valence-electron chi connectivity index (χ3n) is 3.67. The molecule has 4 nitrogen and oxygen atoms in total. The number of thiazole rings is 1. The number of hydrogen-bond acceptors (Lipinski definition) is 4. The van der Waals surface area contributed by atoms with Gasteiger partial charge in [-0.05, 0) is 48.9 Å². The molecule has 1 aromatic heterocycles. The molecular weight excluding hydrogens is 351 g/mol. The summed E-state index contributed by atoms with van der Waals surface area (Å²) in [5, 5.41) is 5.45. The molecule has 0 aliphatic heterocycles. The second kappa shape index (κ2) is 8.58. The number of benzene rings is 2. The van der Waals surface area contributed by atoms with E-state index < -0.39 is 0 Å². The summed E-state index contributed by atoms with van der Waals surface area (Å²) in [6.07, 6.45) is 0.210. The lowest BCUT2D eigenvalue weighted by Crippen LogP contribution is -2.29. The normalized spacial score (nSPS) is 10.5. The van der Waals surface area contributed by atoms with Gasteiger partial charge in [0.25, 0.3) is 0 Å². The minimum Gasteiger partial charge on any atom is -0.492 e. The zero-order valence-corrected chi connectivity index (χ0v) is 15.2. The maximum absolute atomic E-state index is 13.0. The zero-order valence-electron chi connectivity index (χ0n) is 14.4. The van der Waals surface area contributed by atoms with E-state index in [4.69, 9.17) is 4.74 Å². The van der Waals surface area contributed by atoms with E-state index in [1.54, 1.807) is 12.1 Å². The highest BCUT2D eigenvalue weighted by molar-refractivity contribution is 7.13. The molecule has 0 saturated heterocycles. The van der Waals surface area contributed by atoms with Crippen LogP contribution < -0.4 is 10.1 Å². The molecule has 0 aliphatic rings. The fourth-order valence-corrected chi connectivity index (χ4v) is 3.23. The molecule has 1 heterocycles. The molecule has 0 unspecified atom stereocenters. The summed E-state index contributed by atoms with van der Waals surface area (Å²) in [6, 6.07) is 13.9. The fourth-order valence-electron chi connectivity index (χ4n) is 2.40. The van der Waals surface area contributed by atoms with Crippen molar-refractivity contribution >= 4 is 17.2 Å². The second-order valence-corrected chi connectivity index (χ2v) is 6.70. The first-order valence-corrected chi connectivity index (χ1v) is 9.14. The molecule has 0 radical (unpaired) electrons. The summed E-state index contributed by atoms with van der Waals surface area (Å²) >= 11 is 1.44. The molecule has 0 fully saturated rings. The molecule has 0 saturated carbocycles. The summed E-state index contributed by atoms with van der Waals surface area (Å²) in [5.41, 5.74) is 2.67. The van der Waals surface area contributed by atoms with E-state index in [0.29, 0.717) is 18.8 Å². The SMILES string of the molecule is Cc1cccc(OCCNC(=O)Cc2csc(-c3ccc(F)cc3)n2)c1. The van der Waals surface area contributed by atoms with Crippen LogP contribution >= 0.6 is 11.3 Å². The molecule has 3 aromatic rings. The van der Waals surface area contributed by atoms with Crippen LogP contribution in [-0.2, 0) is 11.2 Å². The minimum atomic E-state index is -0.280. The first-order valence-electron chi connectivity index (χ1n) is 8.27. The van der Waals surface area contributed by atoms with Gasteiger partial charge < -0.3 is 10.1 Å². The number of nitrogens with zero attached hydrogens (tertiary/aromatic N) is 1. The van der Waals surface area contributed by atoms with Crippen LogP contribution in [0.25, 0.3) is 10.6 Å². The van der Waals surface area contributed by atoms with Crippen molar-refractivity contribution in [3.63, 3.8) is 0 Å². The number of nitrogens with one attached hydrogen (secondary N) is 1.